The van der Waals surface area contributed by atoms with Gasteiger partial charge in [-0.25, -0.2) is 4.98 Å². The summed E-state index contributed by atoms with van der Waals surface area (Å²) in [7, 11) is 0. The largest absolute Gasteiger partial charge is 0.248 e. The summed E-state index contributed by atoms with van der Waals surface area (Å²) < 4.78 is 0. The molecule has 1 unspecified atom stereocenters. The van der Waals surface area contributed by atoms with E-state index < -0.39 is 0 Å². The van der Waals surface area contributed by atoms with Crippen molar-refractivity contribution in [3.05, 3.63) is 259 Å². The van der Waals surface area contributed by atoms with E-state index in [2.05, 4.69) is 237 Å². The Bertz CT molecular complexity index is 3760. The first-order chi connectivity index (χ1) is 32.2. The van der Waals surface area contributed by atoms with Gasteiger partial charge in [0.25, 0.3) is 0 Å². The first-order valence-electron chi connectivity index (χ1n) is 22.8. The second kappa shape index (κ2) is 15.0. The smallest absolute Gasteiger partial charge is 0.0721 e. The number of benzene rings is 10. The molecule has 0 radical (unpaired) electrons. The van der Waals surface area contributed by atoms with Crippen molar-refractivity contribution >= 4 is 43.2 Å². The summed E-state index contributed by atoms with van der Waals surface area (Å²) in [5, 5.41) is 8.58. The third kappa shape index (κ3) is 6.04. The van der Waals surface area contributed by atoms with Crippen LogP contribution >= 0.6 is 0 Å². The highest BCUT2D eigenvalue weighted by molar-refractivity contribution is 6.09. The Morgan fingerprint density at radius 3 is 1.77 bits per heavy atom. The molecule has 1 nitrogen and oxygen atoms in total. The predicted molar refractivity (Wildman–Crippen MR) is 274 cm³/mol. The van der Waals surface area contributed by atoms with Crippen molar-refractivity contribution in [2.45, 2.75) is 18.3 Å². The Kier molecular flexibility index (Phi) is 8.64. The molecule has 0 fully saturated rings. The number of hydrogen-bond donors (Lipinski definition) is 0. The maximum Gasteiger partial charge on any atom is 0.0721 e. The molecule has 0 spiro atoms. The normalized spacial score (nSPS) is 15.4. The van der Waals surface area contributed by atoms with Gasteiger partial charge in [0.2, 0.25) is 0 Å². The Balaban J connectivity index is 0.893. The van der Waals surface area contributed by atoms with Crippen LogP contribution in [0, 0.1) is 0 Å². The lowest BCUT2D eigenvalue weighted by Gasteiger charge is -2.35. The molecular weight excluding hydrogens is 783 g/mol. The fourth-order valence-electron chi connectivity index (χ4n) is 11.0. The zero-order valence-corrected chi connectivity index (χ0v) is 35.9. The molecule has 11 aromatic rings. The summed E-state index contributed by atoms with van der Waals surface area (Å²) in [5.41, 5.74) is 17.9. The van der Waals surface area contributed by atoms with Crippen LogP contribution in [-0.2, 0) is 5.41 Å². The fraction of sp³-hybridized carbons (Fsp3) is 0.0469. The Morgan fingerprint density at radius 2 is 0.954 bits per heavy atom. The van der Waals surface area contributed by atoms with Gasteiger partial charge >= 0.3 is 0 Å². The molecule has 0 saturated heterocycles. The number of nitrogens with zero attached hydrogens (tertiary/aromatic N) is 1. The molecule has 10 aromatic carbocycles. The van der Waals surface area contributed by atoms with Gasteiger partial charge in [0.05, 0.1) is 16.6 Å². The van der Waals surface area contributed by atoms with E-state index in [9.17, 15) is 0 Å². The first kappa shape index (κ1) is 37.4. The van der Waals surface area contributed by atoms with Gasteiger partial charge in [0, 0.05) is 10.9 Å². The van der Waals surface area contributed by atoms with Crippen LogP contribution in [0.15, 0.2) is 242 Å². The highest BCUT2D eigenvalue weighted by atomic mass is 14.7. The second-order valence-corrected chi connectivity index (χ2v) is 17.7. The highest BCUT2D eigenvalue weighted by Gasteiger charge is 2.46. The molecule has 2 aliphatic rings. The standard InChI is InChI=1S/C64H43N/c1-4-14-42(15-5-1)59-41-62(51-32-33-55-50(38-51)29-24-43-16-10-11-21-54(43)55)65-63-40-49(31-35-58(59)63)47-28-26-44-36-46(27-25-45(44)37-47)48-30-34-57-56-22-12-13-23-60(56)64(61(57)39-48,52-17-6-2-7-18-52)53-19-8-3-9-20-53/h1-2,4-8,10-41H,3,9H2. The molecule has 1 heterocycles. The van der Waals surface area contributed by atoms with Crippen molar-refractivity contribution in [3.63, 3.8) is 0 Å². The number of hydrogen-bond acceptors (Lipinski definition) is 1. The van der Waals surface area contributed by atoms with Gasteiger partial charge in [-0.1, -0.05) is 200 Å². The quantitative estimate of drug-likeness (QED) is 0.152. The van der Waals surface area contributed by atoms with Gasteiger partial charge in [-0.3, -0.25) is 0 Å². The molecule has 1 aromatic heterocycles. The van der Waals surface area contributed by atoms with Crippen LogP contribution in [0.3, 0.4) is 0 Å². The molecule has 1 heteroatoms. The van der Waals surface area contributed by atoms with Crippen LogP contribution in [0.25, 0.3) is 99.0 Å². The minimum Gasteiger partial charge on any atom is -0.248 e. The summed E-state index contributed by atoms with van der Waals surface area (Å²) >= 11 is 0. The average Bonchev–Trinajstić information content (AvgIpc) is 3.68. The lowest BCUT2D eigenvalue weighted by atomic mass is 9.66. The summed E-state index contributed by atoms with van der Waals surface area (Å²) in [6, 6.07) is 80.8. The van der Waals surface area contributed by atoms with Crippen molar-refractivity contribution in [2.24, 2.45) is 0 Å². The van der Waals surface area contributed by atoms with Crippen LogP contribution < -0.4 is 0 Å². The van der Waals surface area contributed by atoms with Crippen molar-refractivity contribution in [3.8, 4) is 55.8 Å². The average molecular weight is 826 g/mol. The van der Waals surface area contributed by atoms with Gasteiger partial charge in [0.1, 0.15) is 0 Å². The maximum atomic E-state index is 5.38. The van der Waals surface area contributed by atoms with Crippen molar-refractivity contribution in [2.75, 3.05) is 0 Å². The Labute approximate surface area is 379 Å². The molecule has 0 aliphatic heterocycles. The molecule has 2 aliphatic carbocycles. The van der Waals surface area contributed by atoms with Crippen molar-refractivity contribution in [1.29, 1.82) is 0 Å². The van der Waals surface area contributed by atoms with Crippen LogP contribution in [0.4, 0.5) is 0 Å². The number of fused-ring (bicyclic) bond motifs is 8. The topological polar surface area (TPSA) is 12.9 Å². The summed E-state index contributed by atoms with van der Waals surface area (Å²) in [5.74, 6) is 0. The Hall–Kier alpha value is -8.13. The maximum absolute atomic E-state index is 5.38. The van der Waals surface area contributed by atoms with E-state index in [1.54, 1.807) is 0 Å². The number of pyridine rings is 1. The summed E-state index contributed by atoms with van der Waals surface area (Å²) in [6.45, 7) is 0. The molecule has 0 amide bonds. The number of aromatic nitrogens is 1. The van der Waals surface area contributed by atoms with E-state index in [1.165, 1.54) is 93.5 Å². The molecule has 0 saturated carbocycles. The van der Waals surface area contributed by atoms with E-state index in [4.69, 9.17) is 4.98 Å². The van der Waals surface area contributed by atoms with Crippen LogP contribution in [-0.4, -0.2) is 4.98 Å². The van der Waals surface area contributed by atoms with Gasteiger partial charge in [0.15, 0.2) is 0 Å². The molecular formula is C64H43N. The molecule has 1 atom stereocenters. The highest BCUT2D eigenvalue weighted by Crippen LogP contribution is 2.57. The zero-order valence-electron chi connectivity index (χ0n) is 35.9. The minimum absolute atomic E-state index is 0.381. The van der Waals surface area contributed by atoms with E-state index in [0.717, 1.165) is 40.6 Å². The van der Waals surface area contributed by atoms with Crippen LogP contribution in [0.1, 0.15) is 29.5 Å². The number of allylic oxidation sites excluding steroid dienone is 4. The lowest BCUT2D eigenvalue weighted by molar-refractivity contribution is 0.752. The molecule has 13 rings (SSSR count). The number of rotatable bonds is 6. The molecule has 0 bridgehead atoms. The lowest BCUT2D eigenvalue weighted by Crippen LogP contribution is -2.29. The minimum atomic E-state index is -0.381. The molecule has 0 N–H and O–H groups in total. The van der Waals surface area contributed by atoms with E-state index in [0.29, 0.717) is 0 Å². The van der Waals surface area contributed by atoms with Gasteiger partial charge < -0.3 is 0 Å². The van der Waals surface area contributed by atoms with Gasteiger partial charge in [-0.15, -0.1) is 0 Å². The van der Waals surface area contributed by atoms with Crippen LogP contribution in [0.2, 0.25) is 0 Å². The fourth-order valence-corrected chi connectivity index (χ4v) is 11.0. The Morgan fingerprint density at radius 1 is 0.354 bits per heavy atom. The second-order valence-electron chi connectivity index (χ2n) is 17.7. The van der Waals surface area contributed by atoms with Crippen LogP contribution in [0.5, 0.6) is 0 Å². The van der Waals surface area contributed by atoms with Crippen molar-refractivity contribution in [1.82, 2.24) is 4.98 Å². The zero-order chi connectivity index (χ0) is 42.9. The summed E-state index contributed by atoms with van der Waals surface area (Å²) in [4.78, 5) is 5.38. The summed E-state index contributed by atoms with van der Waals surface area (Å²) in [6.07, 6.45) is 9.33. The SMILES string of the molecule is C1=CC(C2(c3ccccc3)c3ccccc3-c3ccc(-c4ccc5cc(-c6ccc7c(-c8ccccc8)cc(-c8ccc9c(ccc%10ccccc%109)c8)nc7c6)ccc5c4)cc32)=CCC1. The van der Waals surface area contributed by atoms with E-state index in [-0.39, 0.29) is 5.41 Å². The van der Waals surface area contributed by atoms with E-state index >= 15 is 0 Å². The molecule has 304 valence electrons. The monoisotopic (exact) mass is 825 g/mol. The molecule has 65 heavy (non-hydrogen) atoms. The third-order valence-corrected chi connectivity index (χ3v) is 14.1. The van der Waals surface area contributed by atoms with Gasteiger partial charge in [-0.05, 0) is 148 Å². The predicted octanol–water partition coefficient (Wildman–Crippen LogP) is 17.0. The van der Waals surface area contributed by atoms with E-state index in [1.807, 2.05) is 0 Å². The van der Waals surface area contributed by atoms with Crippen molar-refractivity contribution < 1.29 is 0 Å². The first-order valence-corrected chi connectivity index (χ1v) is 22.8. The third-order valence-electron chi connectivity index (χ3n) is 14.1. The van der Waals surface area contributed by atoms with Gasteiger partial charge in [-0.2, -0.15) is 0 Å².